The molecule has 1 aromatic carbocycles. The van der Waals surface area contributed by atoms with Crippen LogP contribution < -0.4 is 38.5 Å². The lowest BCUT2D eigenvalue weighted by molar-refractivity contribution is -0.145. The molecule has 2 aromatic rings. The zero-order valence-corrected chi connectivity index (χ0v) is 28.6. The third-order valence-electron chi connectivity index (χ3n) is 8.30. The largest absolute Gasteiger partial charge is 0.481 e. The number of H-pyrrole nitrogens is 1. The molecule has 0 saturated carbocycles. The van der Waals surface area contributed by atoms with Crippen LogP contribution >= 0.6 is 0 Å². The number of carbonyl (C=O) groups is 8. The number of benzene rings is 1. The summed E-state index contributed by atoms with van der Waals surface area (Å²) in [6.07, 6.45) is 0.639. The van der Waals surface area contributed by atoms with Crippen molar-refractivity contribution in [3.8, 4) is 0 Å². The van der Waals surface area contributed by atoms with Crippen LogP contribution in [0.15, 0.2) is 35.5 Å². The summed E-state index contributed by atoms with van der Waals surface area (Å²) in [5.74, 6) is -8.83. The molecule has 0 spiro atoms. The SMILES string of the molecule is NC(N)=NCCCC(NC(=O)C1CCCN1C(=O)C(Cc1c[nH]c2ccccc12)NC(=O)C(CC(=O)O)NC(=O)CNC(=O)C(N)CC(=O)O)C(=O)O. The highest BCUT2D eigenvalue weighted by atomic mass is 16.4. The number of rotatable bonds is 20. The Bertz CT molecular complexity index is 1720. The first-order valence-corrected chi connectivity index (χ1v) is 16.6. The Labute approximate surface area is 302 Å². The van der Waals surface area contributed by atoms with Crippen molar-refractivity contribution >= 4 is 64.3 Å². The van der Waals surface area contributed by atoms with Gasteiger partial charge in [-0.2, -0.15) is 0 Å². The molecule has 1 aliphatic rings. The smallest absolute Gasteiger partial charge is 0.326 e. The molecule has 21 heteroatoms. The molecule has 14 N–H and O–H groups in total. The number of nitrogens with zero attached hydrogens (tertiary/aromatic N) is 2. The maximum Gasteiger partial charge on any atom is 0.326 e. The minimum absolute atomic E-state index is 0.00668. The summed E-state index contributed by atoms with van der Waals surface area (Å²) in [5.41, 5.74) is 17.4. The van der Waals surface area contributed by atoms with Gasteiger partial charge in [0.2, 0.25) is 29.5 Å². The average Bonchev–Trinajstić information content (AvgIpc) is 3.74. The van der Waals surface area contributed by atoms with Crippen LogP contribution in [0.2, 0.25) is 0 Å². The second-order valence-electron chi connectivity index (χ2n) is 12.3. The molecule has 1 aliphatic heterocycles. The van der Waals surface area contributed by atoms with Gasteiger partial charge in [0.15, 0.2) is 5.96 Å². The van der Waals surface area contributed by atoms with E-state index in [2.05, 4.69) is 31.2 Å². The maximum absolute atomic E-state index is 14.2. The maximum atomic E-state index is 14.2. The number of nitrogens with two attached hydrogens (primary N) is 3. The third-order valence-corrected chi connectivity index (χ3v) is 8.30. The normalized spacial score (nSPS) is 16.0. The van der Waals surface area contributed by atoms with Crippen LogP contribution in [0.1, 0.15) is 44.1 Å². The molecule has 1 fully saturated rings. The number of carboxylic acids is 3. The van der Waals surface area contributed by atoms with Gasteiger partial charge in [-0.3, -0.25) is 38.6 Å². The van der Waals surface area contributed by atoms with Crippen LogP contribution in [-0.4, -0.2) is 128 Å². The topological polar surface area (TPSA) is 355 Å². The number of hydrogen-bond acceptors (Lipinski definition) is 10. The molecule has 3 rings (SSSR count). The van der Waals surface area contributed by atoms with E-state index < -0.39 is 97.0 Å². The first-order valence-electron chi connectivity index (χ1n) is 16.6. The van der Waals surface area contributed by atoms with Gasteiger partial charge in [-0.15, -0.1) is 0 Å². The Morgan fingerprint density at radius 1 is 0.906 bits per heavy atom. The molecule has 5 atom stereocenters. The summed E-state index contributed by atoms with van der Waals surface area (Å²) in [7, 11) is 0. The van der Waals surface area contributed by atoms with Crippen molar-refractivity contribution in [2.75, 3.05) is 19.6 Å². The van der Waals surface area contributed by atoms with Crippen molar-refractivity contribution in [2.45, 2.75) is 75.2 Å². The Balaban J connectivity index is 1.82. The lowest BCUT2D eigenvalue weighted by Gasteiger charge is -2.30. The Hall–Kier alpha value is -6.25. The van der Waals surface area contributed by atoms with Gasteiger partial charge >= 0.3 is 17.9 Å². The van der Waals surface area contributed by atoms with Crippen molar-refractivity contribution in [2.24, 2.45) is 22.2 Å². The summed E-state index contributed by atoms with van der Waals surface area (Å²) in [6.45, 7) is -0.563. The molecule has 0 radical (unpaired) electrons. The fraction of sp³-hybridized carbons (Fsp3) is 0.469. The highest BCUT2D eigenvalue weighted by molar-refractivity contribution is 5.97. The minimum atomic E-state index is -1.74. The van der Waals surface area contributed by atoms with Gasteiger partial charge in [0.05, 0.1) is 25.4 Å². The number of fused-ring (bicyclic) bond motifs is 1. The number of hydrogen-bond donors (Lipinski definition) is 11. The lowest BCUT2D eigenvalue weighted by Crippen LogP contribution is -2.58. The summed E-state index contributed by atoms with van der Waals surface area (Å²) >= 11 is 0. The molecule has 0 aliphatic carbocycles. The van der Waals surface area contributed by atoms with E-state index in [1.54, 1.807) is 30.5 Å². The van der Waals surface area contributed by atoms with Crippen molar-refractivity contribution in [3.05, 3.63) is 36.0 Å². The number of aromatic amines is 1. The van der Waals surface area contributed by atoms with Gasteiger partial charge in [0.1, 0.15) is 24.2 Å². The Kier molecular flexibility index (Phi) is 15.1. The highest BCUT2D eigenvalue weighted by Crippen LogP contribution is 2.23. The summed E-state index contributed by atoms with van der Waals surface area (Å²) in [5, 5.41) is 38.0. The van der Waals surface area contributed by atoms with Gasteiger partial charge in [-0.05, 0) is 37.3 Å². The number of para-hydroxylation sites is 1. The van der Waals surface area contributed by atoms with E-state index in [-0.39, 0.29) is 44.7 Å². The summed E-state index contributed by atoms with van der Waals surface area (Å²) in [6, 6.07) is 0.0890. The van der Waals surface area contributed by atoms with Gasteiger partial charge < -0.3 is 63.7 Å². The van der Waals surface area contributed by atoms with Crippen LogP contribution in [0, 0.1) is 0 Å². The van der Waals surface area contributed by atoms with E-state index in [0.717, 1.165) is 5.52 Å². The predicted octanol–water partition coefficient (Wildman–Crippen LogP) is -3.31. The van der Waals surface area contributed by atoms with Crippen LogP contribution in [0.4, 0.5) is 0 Å². The van der Waals surface area contributed by atoms with Crippen LogP contribution in [-0.2, 0) is 44.8 Å². The van der Waals surface area contributed by atoms with E-state index >= 15 is 0 Å². The van der Waals surface area contributed by atoms with E-state index in [1.807, 2.05) is 0 Å². The summed E-state index contributed by atoms with van der Waals surface area (Å²) < 4.78 is 0. The van der Waals surface area contributed by atoms with Crippen molar-refractivity contribution in [1.29, 1.82) is 0 Å². The van der Waals surface area contributed by atoms with Crippen molar-refractivity contribution in [3.63, 3.8) is 0 Å². The van der Waals surface area contributed by atoms with Gasteiger partial charge in [0, 0.05) is 36.6 Å². The van der Waals surface area contributed by atoms with Crippen LogP contribution in [0.3, 0.4) is 0 Å². The summed E-state index contributed by atoms with van der Waals surface area (Å²) in [4.78, 5) is 108. The van der Waals surface area contributed by atoms with E-state index in [9.17, 15) is 48.6 Å². The molecule has 5 unspecified atom stereocenters. The number of aromatic nitrogens is 1. The Morgan fingerprint density at radius 2 is 1.60 bits per heavy atom. The van der Waals surface area contributed by atoms with Crippen LogP contribution in [0.5, 0.6) is 0 Å². The first-order chi connectivity index (χ1) is 25.1. The zero-order valence-electron chi connectivity index (χ0n) is 28.6. The highest BCUT2D eigenvalue weighted by Gasteiger charge is 2.40. The van der Waals surface area contributed by atoms with Crippen LogP contribution in [0.25, 0.3) is 10.9 Å². The van der Waals surface area contributed by atoms with E-state index in [4.69, 9.17) is 22.3 Å². The monoisotopic (exact) mass is 744 g/mol. The molecular formula is C32H44N10O11. The molecule has 2 heterocycles. The molecule has 21 nitrogen and oxygen atoms in total. The third kappa shape index (κ3) is 12.5. The Morgan fingerprint density at radius 3 is 2.26 bits per heavy atom. The fourth-order valence-corrected chi connectivity index (χ4v) is 5.73. The van der Waals surface area contributed by atoms with Gasteiger partial charge in [-0.25, -0.2) is 4.79 Å². The van der Waals surface area contributed by atoms with Crippen molar-refractivity contribution in [1.82, 2.24) is 31.2 Å². The fourth-order valence-electron chi connectivity index (χ4n) is 5.73. The van der Waals surface area contributed by atoms with E-state index in [0.29, 0.717) is 17.4 Å². The second kappa shape index (κ2) is 19.4. The van der Waals surface area contributed by atoms with Gasteiger partial charge in [-0.1, -0.05) is 18.2 Å². The number of aliphatic imine (C=N–C) groups is 1. The molecule has 1 aromatic heterocycles. The number of aliphatic carboxylic acids is 3. The van der Waals surface area contributed by atoms with Gasteiger partial charge in [0.25, 0.3) is 0 Å². The molecule has 0 bridgehead atoms. The van der Waals surface area contributed by atoms with E-state index in [1.165, 1.54) is 4.90 Å². The first kappa shape index (κ1) is 41.2. The minimum Gasteiger partial charge on any atom is -0.481 e. The number of amides is 5. The molecule has 5 amide bonds. The number of carboxylic acid groups (broad SMARTS) is 3. The second-order valence-corrected chi connectivity index (χ2v) is 12.3. The van der Waals surface area contributed by atoms with Crippen molar-refractivity contribution < 1.29 is 53.7 Å². The zero-order chi connectivity index (χ0) is 39.2. The molecular weight excluding hydrogens is 700 g/mol. The number of likely N-dealkylation sites (tertiary alicyclic amines) is 1. The lowest BCUT2D eigenvalue weighted by atomic mass is 10.0. The number of guanidine groups is 1. The molecule has 1 saturated heterocycles. The number of nitrogens with one attached hydrogen (secondary N) is 5. The molecule has 288 valence electrons. The predicted molar refractivity (Wildman–Crippen MR) is 186 cm³/mol. The quantitative estimate of drug-likeness (QED) is 0.0359. The standard InChI is InChI=1S/C32H44N10O11/c33-18(12-25(44)45)27(48)38-15-24(43)39-21(13-26(46)47)28(49)41-22(11-16-14-37-19-6-2-1-5-17(16)19)30(51)42-10-4-8-23(42)29(50)40-20(31(52)53)7-3-9-36-32(34)35/h1-2,5-6,14,18,20-23,37H,3-4,7-13,15,33H2,(H,38,48)(H,39,43)(H,40,50)(H,41,49)(H,44,45)(H,46,47)(H,52,53)(H4,34,35,36). The number of carbonyl (C=O) groups excluding carboxylic acids is 5. The molecule has 53 heavy (non-hydrogen) atoms. The average molecular weight is 745 g/mol.